The fourth-order valence-corrected chi connectivity index (χ4v) is 4.08. The van der Waals surface area contributed by atoms with Gasteiger partial charge in [-0.1, -0.05) is 41.9 Å². The first-order valence-corrected chi connectivity index (χ1v) is 11.8. The minimum absolute atomic E-state index is 0.158. The fourth-order valence-electron chi connectivity index (χ4n) is 3.26. The van der Waals surface area contributed by atoms with Gasteiger partial charge in [0.25, 0.3) is 0 Å². The van der Waals surface area contributed by atoms with Crippen LogP contribution >= 0.6 is 11.6 Å². The summed E-state index contributed by atoms with van der Waals surface area (Å²) in [4.78, 5) is 16.7. The molecule has 0 aliphatic carbocycles. The number of rotatable bonds is 5. The van der Waals surface area contributed by atoms with E-state index in [1.165, 1.54) is 6.26 Å². The highest BCUT2D eigenvalue weighted by Gasteiger charge is 2.20. The second-order valence-corrected chi connectivity index (χ2v) is 9.60. The molecule has 2 aromatic rings. The van der Waals surface area contributed by atoms with Crippen LogP contribution in [0, 0.1) is 0 Å². The quantitative estimate of drug-likeness (QED) is 0.716. The lowest BCUT2D eigenvalue weighted by Crippen LogP contribution is -2.35. The molecule has 1 aliphatic heterocycles. The summed E-state index contributed by atoms with van der Waals surface area (Å²) in [5.41, 5.74) is 1.84. The third-order valence-corrected chi connectivity index (χ3v) is 6.41. The molecule has 0 aromatic heterocycles. The van der Waals surface area contributed by atoms with Gasteiger partial charge in [0.2, 0.25) is 0 Å². The number of hydrogen-bond donors (Lipinski definition) is 0. The van der Waals surface area contributed by atoms with Crippen molar-refractivity contribution in [2.24, 2.45) is 0 Å². The van der Waals surface area contributed by atoms with Gasteiger partial charge in [0.15, 0.2) is 9.84 Å². The molecule has 1 saturated heterocycles. The molecular formula is C21H25ClN2O4S. The summed E-state index contributed by atoms with van der Waals surface area (Å²) in [6.45, 7) is 3.70. The van der Waals surface area contributed by atoms with Crippen molar-refractivity contribution in [1.29, 1.82) is 0 Å². The van der Waals surface area contributed by atoms with E-state index in [1.807, 2.05) is 30.3 Å². The maximum atomic E-state index is 12.4. The van der Waals surface area contributed by atoms with E-state index in [0.717, 1.165) is 30.6 Å². The summed E-state index contributed by atoms with van der Waals surface area (Å²) in [6.07, 6.45) is 1.73. The van der Waals surface area contributed by atoms with Crippen LogP contribution in [0.25, 0.3) is 0 Å². The van der Waals surface area contributed by atoms with Crippen molar-refractivity contribution in [3.05, 3.63) is 64.7 Å². The zero-order valence-corrected chi connectivity index (χ0v) is 18.0. The lowest BCUT2D eigenvalue weighted by atomic mass is 10.2. The first-order chi connectivity index (χ1) is 13.8. The number of nitrogens with zero attached hydrogens (tertiary/aromatic N) is 2. The van der Waals surface area contributed by atoms with Crippen LogP contribution in [0.3, 0.4) is 0 Å². The maximum absolute atomic E-state index is 12.4. The molecule has 0 unspecified atom stereocenters. The highest BCUT2D eigenvalue weighted by atomic mass is 35.5. The van der Waals surface area contributed by atoms with Gasteiger partial charge in [-0.25, -0.2) is 13.2 Å². The fraction of sp³-hybridized carbons (Fsp3) is 0.381. The Bertz CT molecular complexity index is 947. The van der Waals surface area contributed by atoms with Crippen molar-refractivity contribution in [1.82, 2.24) is 9.80 Å². The van der Waals surface area contributed by atoms with Crippen LogP contribution in [0.15, 0.2) is 53.4 Å². The van der Waals surface area contributed by atoms with Gasteiger partial charge in [-0.05, 0) is 30.2 Å². The zero-order valence-electron chi connectivity index (χ0n) is 16.4. The molecule has 1 heterocycles. The summed E-state index contributed by atoms with van der Waals surface area (Å²) in [5.74, 6) is 0. The number of hydrogen-bond acceptors (Lipinski definition) is 5. The molecule has 6 nitrogen and oxygen atoms in total. The highest BCUT2D eigenvalue weighted by molar-refractivity contribution is 7.90. The Hall–Kier alpha value is -2.09. The first-order valence-electron chi connectivity index (χ1n) is 9.49. The molecule has 1 fully saturated rings. The van der Waals surface area contributed by atoms with Crippen LogP contribution in [-0.4, -0.2) is 56.7 Å². The maximum Gasteiger partial charge on any atom is 0.410 e. The molecule has 2 aromatic carbocycles. The predicted octanol–water partition coefficient (Wildman–Crippen LogP) is 3.59. The summed E-state index contributed by atoms with van der Waals surface area (Å²) >= 11 is 6.11. The standard InChI is InChI=1S/C21H25ClN2O4S/c1-29(26,27)19-9-7-17(8-10-19)15-23-11-4-12-24(14-13-23)21(25)28-16-18-5-2-3-6-20(18)22/h2-3,5-10H,4,11-16H2,1H3. The number of benzene rings is 2. The van der Waals surface area contributed by atoms with Crippen LogP contribution < -0.4 is 0 Å². The van der Waals surface area contributed by atoms with Gasteiger partial charge < -0.3 is 9.64 Å². The van der Waals surface area contributed by atoms with E-state index in [0.29, 0.717) is 29.6 Å². The smallest absolute Gasteiger partial charge is 0.410 e. The summed E-state index contributed by atoms with van der Waals surface area (Å²) in [7, 11) is -3.18. The Labute approximate surface area is 176 Å². The summed E-state index contributed by atoms with van der Waals surface area (Å²) in [5, 5.41) is 0.587. The number of sulfone groups is 1. The lowest BCUT2D eigenvalue weighted by Gasteiger charge is -2.22. The molecule has 0 N–H and O–H groups in total. The molecule has 1 amide bonds. The van der Waals surface area contributed by atoms with Crippen molar-refractivity contribution in [3.8, 4) is 0 Å². The van der Waals surface area contributed by atoms with Crippen LogP contribution in [0.1, 0.15) is 17.5 Å². The van der Waals surface area contributed by atoms with Gasteiger partial charge in [0.05, 0.1) is 4.90 Å². The molecule has 8 heteroatoms. The van der Waals surface area contributed by atoms with Gasteiger partial charge in [-0.2, -0.15) is 0 Å². The van der Waals surface area contributed by atoms with Crippen molar-refractivity contribution < 1.29 is 17.9 Å². The second kappa shape index (κ2) is 9.61. The Morgan fingerprint density at radius 2 is 1.76 bits per heavy atom. The van der Waals surface area contributed by atoms with Crippen molar-refractivity contribution in [2.75, 3.05) is 32.4 Å². The second-order valence-electron chi connectivity index (χ2n) is 7.18. The topological polar surface area (TPSA) is 66.9 Å². The first kappa shape index (κ1) is 21.6. The molecule has 3 rings (SSSR count). The minimum atomic E-state index is -3.18. The number of amides is 1. The Balaban J connectivity index is 1.50. The van der Waals surface area contributed by atoms with Crippen molar-refractivity contribution in [2.45, 2.75) is 24.5 Å². The molecule has 0 atom stereocenters. The van der Waals surface area contributed by atoms with E-state index < -0.39 is 9.84 Å². The lowest BCUT2D eigenvalue weighted by molar-refractivity contribution is 0.0972. The SMILES string of the molecule is CS(=O)(=O)c1ccc(CN2CCCN(C(=O)OCc3ccccc3Cl)CC2)cc1. The molecule has 0 radical (unpaired) electrons. The number of carbonyl (C=O) groups is 1. The minimum Gasteiger partial charge on any atom is -0.444 e. The molecule has 156 valence electrons. The average molecular weight is 437 g/mol. The van der Waals surface area contributed by atoms with Gasteiger partial charge in [0, 0.05) is 49.6 Å². The zero-order chi connectivity index (χ0) is 20.9. The molecule has 0 saturated carbocycles. The molecule has 1 aliphatic rings. The summed E-state index contributed by atoms with van der Waals surface area (Å²) in [6, 6.07) is 14.3. The van der Waals surface area contributed by atoms with E-state index in [-0.39, 0.29) is 12.7 Å². The Morgan fingerprint density at radius 1 is 1.03 bits per heavy atom. The highest BCUT2D eigenvalue weighted by Crippen LogP contribution is 2.17. The molecule has 0 bridgehead atoms. The Kier molecular flexibility index (Phi) is 7.16. The predicted molar refractivity (Wildman–Crippen MR) is 113 cm³/mol. The number of ether oxygens (including phenoxy) is 1. The molecule has 0 spiro atoms. The van der Waals surface area contributed by atoms with Gasteiger partial charge in [-0.15, -0.1) is 0 Å². The van der Waals surface area contributed by atoms with Gasteiger partial charge in [-0.3, -0.25) is 4.90 Å². The third kappa shape index (κ3) is 6.19. The van der Waals surface area contributed by atoms with E-state index in [2.05, 4.69) is 4.90 Å². The van der Waals surface area contributed by atoms with E-state index in [1.54, 1.807) is 23.1 Å². The molecule has 29 heavy (non-hydrogen) atoms. The normalized spacial score (nSPS) is 15.7. The monoisotopic (exact) mass is 436 g/mol. The third-order valence-electron chi connectivity index (χ3n) is 4.91. The summed E-state index contributed by atoms with van der Waals surface area (Å²) < 4.78 is 28.6. The van der Waals surface area contributed by atoms with Crippen LogP contribution in [0.2, 0.25) is 5.02 Å². The van der Waals surface area contributed by atoms with E-state index in [9.17, 15) is 13.2 Å². The van der Waals surface area contributed by atoms with Gasteiger partial charge >= 0.3 is 6.09 Å². The van der Waals surface area contributed by atoms with Gasteiger partial charge in [0.1, 0.15) is 6.61 Å². The Morgan fingerprint density at radius 3 is 2.45 bits per heavy atom. The number of carbonyl (C=O) groups excluding carboxylic acids is 1. The van der Waals surface area contributed by atoms with Crippen LogP contribution in [-0.2, 0) is 27.7 Å². The number of halogens is 1. The van der Waals surface area contributed by atoms with Crippen LogP contribution in [0.4, 0.5) is 4.79 Å². The average Bonchev–Trinajstić information content (AvgIpc) is 2.92. The van der Waals surface area contributed by atoms with E-state index >= 15 is 0 Å². The van der Waals surface area contributed by atoms with E-state index in [4.69, 9.17) is 16.3 Å². The molecular weight excluding hydrogens is 412 g/mol. The van der Waals surface area contributed by atoms with Crippen LogP contribution in [0.5, 0.6) is 0 Å². The van der Waals surface area contributed by atoms with Crippen molar-refractivity contribution in [3.63, 3.8) is 0 Å². The largest absolute Gasteiger partial charge is 0.444 e. The van der Waals surface area contributed by atoms with Crippen molar-refractivity contribution >= 4 is 27.5 Å².